The van der Waals surface area contributed by atoms with E-state index in [4.69, 9.17) is 4.74 Å². The molecule has 2 heterocycles. The van der Waals surface area contributed by atoms with Crippen LogP contribution < -0.4 is 0 Å². The largest absolute Gasteiger partial charge is 0.462 e. The van der Waals surface area contributed by atoms with Crippen LogP contribution in [0.2, 0.25) is 0 Å². The number of rotatable bonds is 2. The molecule has 0 spiro atoms. The minimum Gasteiger partial charge on any atom is -0.462 e. The predicted octanol–water partition coefficient (Wildman–Crippen LogP) is 1.92. The molecule has 2 rings (SSSR count). The Balaban J connectivity index is 2.53. The van der Waals surface area contributed by atoms with Gasteiger partial charge in [0.2, 0.25) is 0 Å². The topological polar surface area (TPSA) is 56.5 Å². The maximum Gasteiger partial charge on any atom is 0.433 e. The fourth-order valence-electron chi connectivity index (χ4n) is 1.38. The first-order valence-corrected chi connectivity index (χ1v) is 5.02. The first-order valence-electron chi connectivity index (χ1n) is 5.02. The lowest BCUT2D eigenvalue weighted by Gasteiger charge is -2.05. The Morgan fingerprint density at radius 1 is 1.50 bits per heavy atom. The molecule has 0 saturated carbocycles. The van der Waals surface area contributed by atoms with Crippen LogP contribution in [-0.2, 0) is 10.9 Å². The van der Waals surface area contributed by atoms with Crippen LogP contribution in [0.3, 0.4) is 0 Å². The van der Waals surface area contributed by atoms with Crippen molar-refractivity contribution in [1.82, 2.24) is 14.6 Å². The minimum absolute atomic E-state index is 0.0945. The summed E-state index contributed by atoms with van der Waals surface area (Å²) in [5, 5.41) is 3.73. The second-order valence-electron chi connectivity index (χ2n) is 3.36. The highest BCUT2D eigenvalue weighted by Crippen LogP contribution is 2.28. The number of hydrogen-bond donors (Lipinski definition) is 0. The quantitative estimate of drug-likeness (QED) is 0.773. The predicted molar refractivity (Wildman–Crippen MR) is 53.9 cm³/mol. The van der Waals surface area contributed by atoms with Crippen molar-refractivity contribution >= 4 is 11.6 Å². The van der Waals surface area contributed by atoms with Crippen molar-refractivity contribution in [3.8, 4) is 0 Å². The van der Waals surface area contributed by atoms with Gasteiger partial charge in [0.05, 0.1) is 12.8 Å². The van der Waals surface area contributed by atoms with Gasteiger partial charge in [-0.25, -0.2) is 14.3 Å². The van der Waals surface area contributed by atoms with Gasteiger partial charge in [-0.2, -0.15) is 18.3 Å². The molecule has 0 unspecified atom stereocenters. The SMILES string of the molecule is CCOC(=O)c1cnn2ccc(C(F)(F)F)nc12. The van der Waals surface area contributed by atoms with Crippen LogP contribution >= 0.6 is 0 Å². The molecule has 0 aliphatic rings. The van der Waals surface area contributed by atoms with Crippen LogP contribution in [0.4, 0.5) is 13.2 Å². The van der Waals surface area contributed by atoms with Crippen molar-refractivity contribution in [2.24, 2.45) is 0 Å². The van der Waals surface area contributed by atoms with E-state index in [0.29, 0.717) is 0 Å². The van der Waals surface area contributed by atoms with Gasteiger partial charge < -0.3 is 4.74 Å². The summed E-state index contributed by atoms with van der Waals surface area (Å²) in [6, 6.07) is 0.787. The van der Waals surface area contributed by atoms with Gasteiger partial charge in [0.1, 0.15) is 11.3 Å². The fourth-order valence-corrected chi connectivity index (χ4v) is 1.38. The number of carbonyl (C=O) groups excluding carboxylic acids is 1. The number of hydrogen-bond acceptors (Lipinski definition) is 4. The Morgan fingerprint density at radius 2 is 2.22 bits per heavy atom. The van der Waals surface area contributed by atoms with E-state index in [-0.39, 0.29) is 17.8 Å². The molecule has 0 aliphatic heterocycles. The summed E-state index contributed by atoms with van der Waals surface area (Å²) in [5.41, 5.74) is -1.35. The van der Waals surface area contributed by atoms with E-state index in [1.807, 2.05) is 0 Å². The highest BCUT2D eigenvalue weighted by Gasteiger charge is 2.33. The highest BCUT2D eigenvalue weighted by atomic mass is 19.4. The normalized spacial score (nSPS) is 11.8. The van der Waals surface area contributed by atoms with Crippen molar-refractivity contribution in [1.29, 1.82) is 0 Å². The maximum absolute atomic E-state index is 12.5. The molecule has 2 aromatic heterocycles. The number of aromatic nitrogens is 3. The average molecular weight is 259 g/mol. The zero-order chi connectivity index (χ0) is 13.3. The Labute approximate surface area is 99.2 Å². The van der Waals surface area contributed by atoms with Crippen LogP contribution in [0.25, 0.3) is 5.65 Å². The molecular formula is C10H8F3N3O2. The van der Waals surface area contributed by atoms with Crippen LogP contribution in [0, 0.1) is 0 Å². The van der Waals surface area contributed by atoms with Crippen molar-refractivity contribution < 1.29 is 22.7 Å². The maximum atomic E-state index is 12.5. The molecule has 0 bridgehead atoms. The number of ether oxygens (including phenoxy) is 1. The van der Waals surface area contributed by atoms with E-state index in [1.165, 1.54) is 0 Å². The number of halogens is 3. The average Bonchev–Trinajstić information content (AvgIpc) is 2.70. The zero-order valence-corrected chi connectivity index (χ0v) is 9.23. The summed E-state index contributed by atoms with van der Waals surface area (Å²) in [4.78, 5) is 14.9. The molecule has 0 N–H and O–H groups in total. The summed E-state index contributed by atoms with van der Waals surface area (Å²) in [5.74, 6) is -0.751. The lowest BCUT2D eigenvalue weighted by molar-refractivity contribution is -0.141. The van der Waals surface area contributed by atoms with Gasteiger partial charge in [-0.3, -0.25) is 0 Å². The molecule has 0 aliphatic carbocycles. The molecular weight excluding hydrogens is 251 g/mol. The highest BCUT2D eigenvalue weighted by molar-refractivity contribution is 5.95. The van der Waals surface area contributed by atoms with E-state index in [1.54, 1.807) is 6.92 Å². The molecule has 0 fully saturated rings. The third kappa shape index (κ3) is 2.13. The summed E-state index contributed by atoms with van der Waals surface area (Å²) < 4.78 is 43.3. The summed E-state index contributed by atoms with van der Waals surface area (Å²) in [6.45, 7) is 1.72. The van der Waals surface area contributed by atoms with E-state index in [9.17, 15) is 18.0 Å². The van der Waals surface area contributed by atoms with Crippen molar-refractivity contribution in [3.63, 3.8) is 0 Å². The van der Waals surface area contributed by atoms with Crippen LogP contribution in [0.5, 0.6) is 0 Å². The standard InChI is InChI=1S/C10H8F3N3O2/c1-2-18-9(17)6-5-14-16-4-3-7(10(11,12)13)15-8(6)16/h3-5H,2H2,1H3. The Bertz CT molecular complexity index is 592. The number of esters is 1. The number of alkyl halides is 3. The monoisotopic (exact) mass is 259 g/mol. The molecule has 96 valence electrons. The minimum atomic E-state index is -4.57. The number of fused-ring (bicyclic) bond motifs is 1. The second-order valence-corrected chi connectivity index (χ2v) is 3.36. The zero-order valence-electron chi connectivity index (χ0n) is 9.23. The van der Waals surface area contributed by atoms with Crippen molar-refractivity contribution in [3.05, 3.63) is 29.7 Å². The molecule has 2 aromatic rings. The lowest BCUT2D eigenvalue weighted by Crippen LogP contribution is -2.10. The van der Waals surface area contributed by atoms with E-state index in [2.05, 4.69) is 10.1 Å². The molecule has 0 radical (unpaired) electrons. The lowest BCUT2D eigenvalue weighted by atomic mass is 10.3. The first-order chi connectivity index (χ1) is 8.43. The smallest absolute Gasteiger partial charge is 0.433 e. The Kier molecular flexibility index (Phi) is 2.93. The van der Waals surface area contributed by atoms with Gasteiger partial charge >= 0.3 is 12.1 Å². The van der Waals surface area contributed by atoms with Crippen LogP contribution in [0.1, 0.15) is 23.0 Å². The van der Waals surface area contributed by atoms with Crippen molar-refractivity contribution in [2.75, 3.05) is 6.61 Å². The van der Waals surface area contributed by atoms with Gasteiger partial charge in [0, 0.05) is 6.20 Å². The molecule has 18 heavy (non-hydrogen) atoms. The molecule has 0 amide bonds. The first kappa shape index (κ1) is 12.3. The van der Waals surface area contributed by atoms with E-state index in [0.717, 1.165) is 23.0 Å². The molecule has 8 heteroatoms. The van der Waals surface area contributed by atoms with E-state index >= 15 is 0 Å². The van der Waals surface area contributed by atoms with Gasteiger partial charge in [0.15, 0.2) is 5.65 Å². The summed E-state index contributed by atoms with van der Waals surface area (Å²) in [6.07, 6.45) is -2.35. The summed E-state index contributed by atoms with van der Waals surface area (Å²) in [7, 11) is 0. The van der Waals surface area contributed by atoms with Crippen LogP contribution in [0.15, 0.2) is 18.5 Å². The third-order valence-electron chi connectivity index (χ3n) is 2.15. The third-order valence-corrected chi connectivity index (χ3v) is 2.15. The number of carbonyl (C=O) groups is 1. The molecule has 0 aromatic carbocycles. The molecule has 5 nitrogen and oxygen atoms in total. The Morgan fingerprint density at radius 3 is 2.83 bits per heavy atom. The Hall–Kier alpha value is -2.12. The van der Waals surface area contributed by atoms with Gasteiger partial charge in [0.25, 0.3) is 0 Å². The fraction of sp³-hybridized carbons (Fsp3) is 0.300. The van der Waals surface area contributed by atoms with Gasteiger partial charge in [-0.1, -0.05) is 0 Å². The number of nitrogens with zero attached hydrogens (tertiary/aromatic N) is 3. The van der Waals surface area contributed by atoms with Gasteiger partial charge in [-0.15, -0.1) is 0 Å². The second kappa shape index (κ2) is 4.28. The molecule has 0 saturated heterocycles. The van der Waals surface area contributed by atoms with Crippen LogP contribution in [-0.4, -0.2) is 27.2 Å². The van der Waals surface area contributed by atoms with E-state index < -0.39 is 17.8 Å². The van der Waals surface area contributed by atoms with Crippen molar-refractivity contribution in [2.45, 2.75) is 13.1 Å². The van der Waals surface area contributed by atoms with Gasteiger partial charge in [-0.05, 0) is 13.0 Å². The summed E-state index contributed by atoms with van der Waals surface area (Å²) >= 11 is 0. The molecule has 0 atom stereocenters.